The Morgan fingerprint density at radius 3 is 2.25 bits per heavy atom. The molecule has 0 saturated heterocycles. The molecule has 0 aliphatic carbocycles. The van der Waals surface area contributed by atoms with Crippen LogP contribution >= 0.6 is 0 Å². The minimum atomic E-state index is 0.507. The van der Waals surface area contributed by atoms with Crippen LogP contribution in [0.15, 0.2) is 18.2 Å². The number of hydrogen-bond acceptors (Lipinski definition) is 1. The minimum absolute atomic E-state index is 0.507. The van der Waals surface area contributed by atoms with Gasteiger partial charge < -0.3 is 5.32 Å². The molecule has 1 nitrogen and oxygen atoms in total. The third-order valence-electron chi connectivity index (χ3n) is 1.96. The van der Waals surface area contributed by atoms with Crippen molar-refractivity contribution in [1.82, 2.24) is 0 Å². The molecule has 1 aromatic carbocycles. The van der Waals surface area contributed by atoms with Crippen LogP contribution in [0.2, 0.25) is 0 Å². The Hall–Kier alpha value is -0.980. The van der Waals surface area contributed by atoms with Gasteiger partial charge in [0, 0.05) is 11.7 Å². The van der Waals surface area contributed by atoms with Gasteiger partial charge in [-0.2, -0.15) is 0 Å². The van der Waals surface area contributed by atoms with Crippen LogP contribution in [0.4, 0.5) is 5.69 Å². The molecular weight excluding hydrogens is 146 g/mol. The molecule has 0 amide bonds. The first-order valence-electron chi connectivity index (χ1n) is 4.43. The highest BCUT2D eigenvalue weighted by molar-refractivity contribution is 5.48. The molecule has 1 rings (SSSR count). The highest BCUT2D eigenvalue weighted by Crippen LogP contribution is 2.14. The van der Waals surface area contributed by atoms with Gasteiger partial charge in [-0.15, -0.1) is 0 Å². The van der Waals surface area contributed by atoms with E-state index in [4.69, 9.17) is 0 Å². The van der Waals surface area contributed by atoms with Crippen LogP contribution < -0.4 is 5.32 Å². The summed E-state index contributed by atoms with van der Waals surface area (Å²) in [7, 11) is 0. The van der Waals surface area contributed by atoms with Gasteiger partial charge in [-0.25, -0.2) is 0 Å². The number of nitrogens with one attached hydrogen (secondary N) is 1. The van der Waals surface area contributed by atoms with Crippen LogP contribution in [0.3, 0.4) is 0 Å². The summed E-state index contributed by atoms with van der Waals surface area (Å²) in [6.45, 7) is 8.57. The van der Waals surface area contributed by atoms with E-state index < -0.39 is 0 Å². The largest absolute Gasteiger partial charge is 0.383 e. The molecule has 0 radical (unpaired) electrons. The van der Waals surface area contributed by atoms with Crippen LogP contribution in [0, 0.1) is 13.8 Å². The van der Waals surface area contributed by atoms with Crippen LogP contribution in [0.1, 0.15) is 25.0 Å². The summed E-state index contributed by atoms with van der Waals surface area (Å²) in [5, 5.41) is 3.37. The molecule has 0 aliphatic heterocycles. The fourth-order valence-corrected chi connectivity index (χ4v) is 1.16. The molecule has 0 aromatic heterocycles. The summed E-state index contributed by atoms with van der Waals surface area (Å²) in [5.41, 5.74) is 3.91. The van der Waals surface area contributed by atoms with Gasteiger partial charge in [-0.3, -0.25) is 0 Å². The molecule has 0 spiro atoms. The molecular formula is C11H17N. The van der Waals surface area contributed by atoms with E-state index in [1.807, 2.05) is 0 Å². The van der Waals surface area contributed by atoms with Crippen molar-refractivity contribution in [3.63, 3.8) is 0 Å². The number of benzene rings is 1. The lowest BCUT2D eigenvalue weighted by molar-refractivity contribution is 0.899. The molecule has 0 atom stereocenters. The van der Waals surface area contributed by atoms with E-state index in [2.05, 4.69) is 51.2 Å². The first-order valence-corrected chi connectivity index (χ1v) is 4.43. The lowest BCUT2D eigenvalue weighted by Crippen LogP contribution is -2.09. The van der Waals surface area contributed by atoms with Crippen molar-refractivity contribution in [1.29, 1.82) is 0 Å². The maximum absolute atomic E-state index is 3.37. The normalized spacial score (nSPS) is 10.4. The van der Waals surface area contributed by atoms with Gasteiger partial charge in [0.25, 0.3) is 0 Å². The fourth-order valence-electron chi connectivity index (χ4n) is 1.16. The van der Waals surface area contributed by atoms with Crippen molar-refractivity contribution < 1.29 is 0 Å². The number of rotatable bonds is 2. The summed E-state index contributed by atoms with van der Waals surface area (Å²) in [6, 6.07) is 6.98. The average molecular weight is 163 g/mol. The molecule has 0 bridgehead atoms. The molecule has 66 valence electrons. The summed E-state index contributed by atoms with van der Waals surface area (Å²) in [4.78, 5) is 0. The predicted molar refractivity (Wildman–Crippen MR) is 54.7 cm³/mol. The smallest absolute Gasteiger partial charge is 0.0344 e. The Morgan fingerprint density at radius 2 is 1.75 bits per heavy atom. The van der Waals surface area contributed by atoms with Crippen LogP contribution in [0.5, 0.6) is 0 Å². The zero-order valence-electron chi connectivity index (χ0n) is 8.31. The van der Waals surface area contributed by atoms with Gasteiger partial charge in [-0.1, -0.05) is 6.07 Å². The minimum Gasteiger partial charge on any atom is -0.383 e. The first-order chi connectivity index (χ1) is 5.59. The fraction of sp³-hybridized carbons (Fsp3) is 0.455. The molecule has 1 aromatic rings. The van der Waals surface area contributed by atoms with Gasteiger partial charge in [0.1, 0.15) is 0 Å². The molecule has 1 heteroatoms. The maximum Gasteiger partial charge on any atom is 0.0344 e. The van der Waals surface area contributed by atoms with Crippen molar-refractivity contribution >= 4 is 5.69 Å². The lowest BCUT2D eigenvalue weighted by atomic mass is 10.1. The Morgan fingerprint density at radius 1 is 1.08 bits per heavy atom. The summed E-state index contributed by atoms with van der Waals surface area (Å²) in [6.07, 6.45) is 0. The SMILES string of the molecule is Cc1ccc(NC(C)C)cc1C. The number of hydrogen-bond donors (Lipinski definition) is 1. The van der Waals surface area contributed by atoms with Gasteiger partial charge in [0.05, 0.1) is 0 Å². The standard InChI is InChI=1S/C11H17N/c1-8(2)12-11-6-5-9(3)10(4)7-11/h5-8,12H,1-4H3. The van der Waals surface area contributed by atoms with E-state index >= 15 is 0 Å². The highest BCUT2D eigenvalue weighted by atomic mass is 14.9. The third kappa shape index (κ3) is 2.26. The van der Waals surface area contributed by atoms with Crippen LogP contribution in [-0.2, 0) is 0 Å². The number of aryl methyl sites for hydroxylation is 2. The topological polar surface area (TPSA) is 12.0 Å². The van der Waals surface area contributed by atoms with Gasteiger partial charge in [0.2, 0.25) is 0 Å². The van der Waals surface area contributed by atoms with E-state index in [0.29, 0.717) is 6.04 Å². The van der Waals surface area contributed by atoms with E-state index in [0.717, 1.165) is 0 Å². The van der Waals surface area contributed by atoms with E-state index in [1.165, 1.54) is 16.8 Å². The molecule has 0 heterocycles. The molecule has 12 heavy (non-hydrogen) atoms. The first kappa shape index (κ1) is 9.11. The molecule has 0 unspecified atom stereocenters. The van der Waals surface area contributed by atoms with Crippen molar-refractivity contribution in [3.8, 4) is 0 Å². The Balaban J connectivity index is 2.82. The van der Waals surface area contributed by atoms with Crippen LogP contribution in [0.25, 0.3) is 0 Å². The van der Waals surface area contributed by atoms with Gasteiger partial charge >= 0.3 is 0 Å². The van der Waals surface area contributed by atoms with Gasteiger partial charge in [-0.05, 0) is 51.0 Å². The average Bonchev–Trinajstić information content (AvgIpc) is 1.96. The van der Waals surface area contributed by atoms with E-state index in [-0.39, 0.29) is 0 Å². The van der Waals surface area contributed by atoms with Crippen molar-refractivity contribution in [2.75, 3.05) is 5.32 Å². The maximum atomic E-state index is 3.37. The predicted octanol–water partition coefficient (Wildman–Crippen LogP) is 3.12. The Kier molecular flexibility index (Phi) is 2.74. The van der Waals surface area contributed by atoms with Crippen molar-refractivity contribution in [2.45, 2.75) is 33.7 Å². The third-order valence-corrected chi connectivity index (χ3v) is 1.96. The second kappa shape index (κ2) is 3.61. The quantitative estimate of drug-likeness (QED) is 0.706. The Labute approximate surface area is 74.8 Å². The Bertz CT molecular complexity index is 264. The molecule has 0 aliphatic rings. The highest BCUT2D eigenvalue weighted by Gasteiger charge is 1.96. The monoisotopic (exact) mass is 163 g/mol. The zero-order valence-corrected chi connectivity index (χ0v) is 8.31. The lowest BCUT2D eigenvalue weighted by Gasteiger charge is -2.11. The number of anilines is 1. The summed E-state index contributed by atoms with van der Waals surface area (Å²) >= 11 is 0. The second-order valence-electron chi connectivity index (χ2n) is 3.60. The second-order valence-corrected chi connectivity index (χ2v) is 3.60. The van der Waals surface area contributed by atoms with E-state index in [1.54, 1.807) is 0 Å². The van der Waals surface area contributed by atoms with Gasteiger partial charge in [0.15, 0.2) is 0 Å². The van der Waals surface area contributed by atoms with Crippen LogP contribution in [-0.4, -0.2) is 6.04 Å². The van der Waals surface area contributed by atoms with Crippen molar-refractivity contribution in [3.05, 3.63) is 29.3 Å². The summed E-state index contributed by atoms with van der Waals surface area (Å²) in [5.74, 6) is 0. The molecule has 1 N–H and O–H groups in total. The van der Waals surface area contributed by atoms with E-state index in [9.17, 15) is 0 Å². The zero-order chi connectivity index (χ0) is 9.14. The molecule has 0 saturated carbocycles. The summed E-state index contributed by atoms with van der Waals surface area (Å²) < 4.78 is 0. The molecule has 0 fully saturated rings. The van der Waals surface area contributed by atoms with Crippen molar-refractivity contribution in [2.24, 2.45) is 0 Å².